The lowest BCUT2D eigenvalue weighted by molar-refractivity contribution is -0.115. The fourth-order valence-corrected chi connectivity index (χ4v) is 3.54. The van der Waals surface area contributed by atoms with E-state index in [9.17, 15) is 9.59 Å². The lowest BCUT2D eigenvalue weighted by Crippen LogP contribution is -2.47. The molecule has 4 heterocycles. The molecule has 2 aromatic rings. The maximum absolute atomic E-state index is 11.7. The smallest absolute Gasteiger partial charge is 0.290 e. The number of imide groups is 1. The molecule has 0 radical (unpaired) electrons. The molecular formula is C17H16N6O2S. The molecule has 0 spiro atoms. The average Bonchev–Trinajstić information content (AvgIpc) is 3.00. The number of carbonyl (C=O) groups excluding carboxylic acids is 2. The minimum Gasteiger partial charge on any atom is -0.368 e. The van der Waals surface area contributed by atoms with E-state index < -0.39 is 0 Å². The highest BCUT2D eigenvalue weighted by Gasteiger charge is 2.25. The van der Waals surface area contributed by atoms with Crippen molar-refractivity contribution in [2.24, 2.45) is 0 Å². The molecule has 2 aromatic heterocycles. The Kier molecular flexibility index (Phi) is 4.53. The molecule has 0 aromatic carbocycles. The fraction of sp³-hybridized carbons (Fsp3) is 0.235. The quantitative estimate of drug-likeness (QED) is 0.816. The summed E-state index contributed by atoms with van der Waals surface area (Å²) in [6.45, 7) is 3.34. The first-order valence-electron chi connectivity index (χ1n) is 8.17. The van der Waals surface area contributed by atoms with E-state index in [1.54, 1.807) is 30.7 Å². The van der Waals surface area contributed by atoms with Crippen LogP contribution < -0.4 is 15.1 Å². The molecule has 0 bridgehead atoms. The number of piperazine rings is 1. The van der Waals surface area contributed by atoms with Gasteiger partial charge < -0.3 is 9.80 Å². The normalized spacial score (nSPS) is 19.2. The minimum atomic E-state index is -0.383. The summed E-state index contributed by atoms with van der Waals surface area (Å²) in [7, 11) is 0. The molecule has 0 saturated carbocycles. The summed E-state index contributed by atoms with van der Waals surface area (Å²) in [4.78, 5) is 40.6. The third kappa shape index (κ3) is 3.52. The molecule has 2 fully saturated rings. The topological polar surface area (TPSA) is 91.3 Å². The second-order valence-corrected chi connectivity index (χ2v) is 6.83. The first-order valence-corrected chi connectivity index (χ1v) is 8.98. The van der Waals surface area contributed by atoms with Crippen LogP contribution in [0.25, 0.3) is 6.08 Å². The molecule has 2 saturated heterocycles. The Morgan fingerprint density at radius 2 is 1.73 bits per heavy atom. The number of thioether (sulfide) groups is 1. The van der Waals surface area contributed by atoms with Crippen LogP contribution in [0.1, 0.15) is 5.69 Å². The summed E-state index contributed by atoms with van der Waals surface area (Å²) >= 11 is 0.884. The summed E-state index contributed by atoms with van der Waals surface area (Å²) in [5.74, 6) is 0.245. The van der Waals surface area contributed by atoms with Crippen molar-refractivity contribution >= 4 is 40.6 Å². The van der Waals surface area contributed by atoms with E-state index in [1.807, 2.05) is 12.1 Å². The van der Waals surface area contributed by atoms with Gasteiger partial charge in [-0.25, -0.2) is 9.97 Å². The number of pyridine rings is 1. The van der Waals surface area contributed by atoms with Crippen molar-refractivity contribution in [3.05, 3.63) is 47.4 Å². The summed E-state index contributed by atoms with van der Waals surface area (Å²) < 4.78 is 0. The van der Waals surface area contributed by atoms with Crippen LogP contribution in [-0.2, 0) is 4.79 Å². The van der Waals surface area contributed by atoms with Gasteiger partial charge in [-0.2, -0.15) is 0 Å². The number of nitrogens with one attached hydrogen (secondary N) is 1. The zero-order valence-corrected chi connectivity index (χ0v) is 14.6. The standard InChI is InChI=1S/C17H16N6O2S/c24-15-14(26-17(25)21-15)11-12-1-6-19-16(20-12)23-9-7-22(8-10-23)13-2-4-18-5-3-13/h1-6,11H,7-10H2,(H,21,24,25)/b14-11-. The second kappa shape index (κ2) is 7.12. The number of amides is 2. The number of nitrogens with zero attached hydrogens (tertiary/aromatic N) is 5. The van der Waals surface area contributed by atoms with Crippen LogP contribution in [0.2, 0.25) is 0 Å². The number of aromatic nitrogens is 3. The van der Waals surface area contributed by atoms with E-state index in [0.717, 1.165) is 43.6 Å². The van der Waals surface area contributed by atoms with Gasteiger partial charge in [0.05, 0.1) is 10.6 Å². The van der Waals surface area contributed by atoms with Crippen molar-refractivity contribution in [1.82, 2.24) is 20.3 Å². The van der Waals surface area contributed by atoms with Gasteiger partial charge in [0, 0.05) is 50.5 Å². The molecule has 4 rings (SSSR count). The van der Waals surface area contributed by atoms with Gasteiger partial charge >= 0.3 is 0 Å². The monoisotopic (exact) mass is 368 g/mol. The van der Waals surface area contributed by atoms with Crippen molar-refractivity contribution in [1.29, 1.82) is 0 Å². The summed E-state index contributed by atoms with van der Waals surface area (Å²) in [5, 5.41) is 1.88. The van der Waals surface area contributed by atoms with Crippen LogP contribution in [0.4, 0.5) is 16.4 Å². The molecule has 132 valence electrons. The minimum absolute atomic E-state index is 0.349. The molecule has 2 aliphatic rings. The predicted molar refractivity (Wildman–Crippen MR) is 99.8 cm³/mol. The van der Waals surface area contributed by atoms with E-state index in [4.69, 9.17) is 0 Å². The van der Waals surface area contributed by atoms with E-state index in [0.29, 0.717) is 16.5 Å². The molecule has 0 unspecified atom stereocenters. The Morgan fingerprint density at radius 1 is 1.00 bits per heavy atom. The van der Waals surface area contributed by atoms with Crippen LogP contribution in [0.5, 0.6) is 0 Å². The highest BCUT2D eigenvalue weighted by Crippen LogP contribution is 2.25. The molecule has 0 atom stereocenters. The second-order valence-electron chi connectivity index (χ2n) is 5.81. The van der Waals surface area contributed by atoms with Crippen LogP contribution in [0, 0.1) is 0 Å². The number of hydrogen-bond donors (Lipinski definition) is 1. The van der Waals surface area contributed by atoms with Crippen molar-refractivity contribution in [2.45, 2.75) is 0 Å². The number of anilines is 2. The molecule has 2 amide bonds. The van der Waals surface area contributed by atoms with E-state index in [2.05, 4.69) is 30.1 Å². The average molecular weight is 368 g/mol. The molecule has 2 aliphatic heterocycles. The molecule has 9 heteroatoms. The molecule has 1 N–H and O–H groups in total. The Labute approximate surface area is 154 Å². The third-order valence-corrected chi connectivity index (χ3v) is 4.99. The molecule has 8 nitrogen and oxygen atoms in total. The zero-order chi connectivity index (χ0) is 17.9. The summed E-state index contributed by atoms with van der Waals surface area (Å²) in [6.07, 6.45) is 6.88. The maximum atomic E-state index is 11.7. The van der Waals surface area contributed by atoms with Crippen molar-refractivity contribution in [3.63, 3.8) is 0 Å². The number of rotatable bonds is 3. The Bertz CT molecular complexity index is 865. The zero-order valence-electron chi connectivity index (χ0n) is 13.8. The Balaban J connectivity index is 1.45. The highest BCUT2D eigenvalue weighted by molar-refractivity contribution is 8.18. The summed E-state index contributed by atoms with van der Waals surface area (Å²) in [6, 6.07) is 5.73. The lowest BCUT2D eigenvalue weighted by atomic mass is 10.2. The van der Waals surface area contributed by atoms with Gasteiger partial charge in [0.15, 0.2) is 0 Å². The number of carbonyl (C=O) groups is 2. The molecular weight excluding hydrogens is 352 g/mol. The van der Waals surface area contributed by atoms with Gasteiger partial charge in [0.2, 0.25) is 5.95 Å². The highest BCUT2D eigenvalue weighted by atomic mass is 32.2. The lowest BCUT2D eigenvalue weighted by Gasteiger charge is -2.36. The van der Waals surface area contributed by atoms with Gasteiger partial charge in [0.1, 0.15) is 0 Å². The largest absolute Gasteiger partial charge is 0.368 e. The van der Waals surface area contributed by atoms with Crippen LogP contribution >= 0.6 is 11.8 Å². The fourth-order valence-electron chi connectivity index (χ4n) is 2.87. The van der Waals surface area contributed by atoms with Gasteiger partial charge in [-0.1, -0.05) is 0 Å². The summed E-state index contributed by atoms with van der Waals surface area (Å²) in [5.41, 5.74) is 1.77. The predicted octanol–water partition coefficient (Wildman–Crippen LogP) is 1.52. The van der Waals surface area contributed by atoms with E-state index in [1.165, 1.54) is 0 Å². The third-order valence-electron chi connectivity index (χ3n) is 4.18. The van der Waals surface area contributed by atoms with Crippen molar-refractivity contribution in [3.8, 4) is 0 Å². The molecule has 26 heavy (non-hydrogen) atoms. The van der Waals surface area contributed by atoms with Crippen molar-refractivity contribution < 1.29 is 9.59 Å². The van der Waals surface area contributed by atoms with Gasteiger partial charge in [-0.05, 0) is 36.0 Å². The van der Waals surface area contributed by atoms with Crippen molar-refractivity contribution in [2.75, 3.05) is 36.0 Å². The SMILES string of the molecule is O=C1NC(=O)/C(=C/c2ccnc(N3CCN(c4ccncc4)CC3)n2)S1. The Morgan fingerprint density at radius 3 is 2.42 bits per heavy atom. The van der Waals surface area contributed by atoms with Crippen LogP contribution in [-0.4, -0.2) is 52.3 Å². The van der Waals surface area contributed by atoms with Gasteiger partial charge in [-0.15, -0.1) is 0 Å². The Hall–Kier alpha value is -2.94. The molecule has 0 aliphatic carbocycles. The number of hydrogen-bond acceptors (Lipinski definition) is 8. The first-order chi connectivity index (χ1) is 12.7. The van der Waals surface area contributed by atoms with Gasteiger partial charge in [0.25, 0.3) is 11.1 Å². The first kappa shape index (κ1) is 16.5. The van der Waals surface area contributed by atoms with E-state index in [-0.39, 0.29) is 11.1 Å². The van der Waals surface area contributed by atoms with Gasteiger partial charge in [-0.3, -0.25) is 19.9 Å². The van der Waals surface area contributed by atoms with Crippen LogP contribution in [0.15, 0.2) is 41.7 Å². The maximum Gasteiger partial charge on any atom is 0.290 e. The van der Waals surface area contributed by atoms with E-state index >= 15 is 0 Å². The van der Waals surface area contributed by atoms with Crippen LogP contribution in [0.3, 0.4) is 0 Å².